The number of halogens is 1. The third kappa shape index (κ3) is 3.82. The third-order valence-corrected chi connectivity index (χ3v) is 5.59. The number of nitrogens with one attached hydrogen (secondary N) is 1. The van der Waals surface area contributed by atoms with Crippen LogP contribution in [0.5, 0.6) is 0 Å². The highest BCUT2D eigenvalue weighted by Crippen LogP contribution is 2.31. The quantitative estimate of drug-likeness (QED) is 0.877. The minimum atomic E-state index is -0.300. The SMILES string of the molecule is O=C1CCCN1CCCC(=O)N1CCCC[C@H]1c1nc2ccc(F)cc2[nH]1. The summed E-state index contributed by atoms with van der Waals surface area (Å²) < 4.78 is 13.4. The number of piperidine rings is 1. The third-order valence-electron chi connectivity index (χ3n) is 5.59. The van der Waals surface area contributed by atoms with Gasteiger partial charge >= 0.3 is 0 Å². The number of hydrogen-bond donors (Lipinski definition) is 1. The van der Waals surface area contributed by atoms with E-state index in [-0.39, 0.29) is 23.7 Å². The lowest BCUT2D eigenvalue weighted by molar-refractivity contribution is -0.136. The summed E-state index contributed by atoms with van der Waals surface area (Å²) in [7, 11) is 0. The average molecular weight is 372 g/mol. The van der Waals surface area contributed by atoms with Crippen LogP contribution >= 0.6 is 0 Å². The van der Waals surface area contributed by atoms with Crippen LogP contribution in [0.3, 0.4) is 0 Å². The molecule has 2 amide bonds. The fraction of sp³-hybridized carbons (Fsp3) is 0.550. The van der Waals surface area contributed by atoms with Crippen molar-refractivity contribution in [3.8, 4) is 0 Å². The van der Waals surface area contributed by atoms with Gasteiger partial charge < -0.3 is 14.8 Å². The number of fused-ring (bicyclic) bond motifs is 1. The van der Waals surface area contributed by atoms with E-state index in [0.29, 0.717) is 31.3 Å². The van der Waals surface area contributed by atoms with Crippen molar-refractivity contribution in [1.82, 2.24) is 19.8 Å². The number of aromatic amines is 1. The monoisotopic (exact) mass is 372 g/mol. The number of nitrogens with zero attached hydrogens (tertiary/aromatic N) is 3. The van der Waals surface area contributed by atoms with Crippen LogP contribution in [0.4, 0.5) is 4.39 Å². The molecular weight excluding hydrogens is 347 g/mol. The lowest BCUT2D eigenvalue weighted by Crippen LogP contribution is -2.39. The highest BCUT2D eigenvalue weighted by Gasteiger charge is 2.30. The van der Waals surface area contributed by atoms with Gasteiger partial charge in [0.25, 0.3) is 0 Å². The van der Waals surface area contributed by atoms with Gasteiger partial charge in [-0.1, -0.05) is 0 Å². The Kier molecular flexibility index (Phi) is 5.09. The van der Waals surface area contributed by atoms with Gasteiger partial charge in [-0.25, -0.2) is 9.37 Å². The van der Waals surface area contributed by atoms with E-state index in [0.717, 1.165) is 50.1 Å². The van der Waals surface area contributed by atoms with E-state index in [1.165, 1.54) is 12.1 Å². The Balaban J connectivity index is 1.43. The van der Waals surface area contributed by atoms with Crippen LogP contribution in [-0.2, 0) is 9.59 Å². The standard InChI is InChI=1S/C20H25FN4O2/c21-14-8-9-15-16(13-14)23-20(22-15)17-5-1-2-12-25(17)19(27)7-4-11-24-10-3-6-18(24)26/h8-9,13,17H,1-7,10-12H2,(H,22,23)/t17-/m0/s1. The highest BCUT2D eigenvalue weighted by atomic mass is 19.1. The van der Waals surface area contributed by atoms with Crippen LogP contribution in [0.1, 0.15) is 56.8 Å². The molecule has 1 aromatic carbocycles. The highest BCUT2D eigenvalue weighted by molar-refractivity contribution is 5.79. The normalized spacial score (nSPS) is 20.6. The number of aromatic nitrogens is 2. The fourth-order valence-corrected chi connectivity index (χ4v) is 4.18. The fourth-order valence-electron chi connectivity index (χ4n) is 4.18. The number of benzene rings is 1. The van der Waals surface area contributed by atoms with Crippen molar-refractivity contribution in [3.63, 3.8) is 0 Å². The summed E-state index contributed by atoms with van der Waals surface area (Å²) in [5.41, 5.74) is 1.38. The Morgan fingerprint density at radius 2 is 2.15 bits per heavy atom. The van der Waals surface area contributed by atoms with Gasteiger partial charge in [0.15, 0.2) is 0 Å². The second-order valence-electron chi connectivity index (χ2n) is 7.47. The maximum atomic E-state index is 13.4. The van der Waals surface area contributed by atoms with E-state index in [2.05, 4.69) is 9.97 Å². The minimum absolute atomic E-state index is 0.0878. The summed E-state index contributed by atoms with van der Waals surface area (Å²) in [5.74, 6) is 0.745. The maximum Gasteiger partial charge on any atom is 0.223 e. The molecule has 0 unspecified atom stereocenters. The summed E-state index contributed by atoms with van der Waals surface area (Å²) >= 11 is 0. The van der Waals surface area contributed by atoms with Crippen molar-refractivity contribution in [1.29, 1.82) is 0 Å². The van der Waals surface area contributed by atoms with Crippen LogP contribution in [-0.4, -0.2) is 51.2 Å². The Morgan fingerprint density at radius 1 is 1.26 bits per heavy atom. The molecule has 6 nitrogen and oxygen atoms in total. The Bertz CT molecular complexity index is 850. The maximum absolute atomic E-state index is 13.4. The molecule has 2 aromatic rings. The van der Waals surface area contributed by atoms with Crippen molar-refractivity contribution in [2.75, 3.05) is 19.6 Å². The second kappa shape index (κ2) is 7.66. The van der Waals surface area contributed by atoms with Gasteiger partial charge in [-0.15, -0.1) is 0 Å². The van der Waals surface area contributed by atoms with Crippen molar-refractivity contribution >= 4 is 22.8 Å². The number of hydrogen-bond acceptors (Lipinski definition) is 3. The van der Waals surface area contributed by atoms with E-state index >= 15 is 0 Å². The van der Waals surface area contributed by atoms with E-state index in [1.807, 2.05) is 9.80 Å². The molecular formula is C20H25FN4O2. The first-order valence-corrected chi connectivity index (χ1v) is 9.84. The van der Waals surface area contributed by atoms with Gasteiger partial charge in [-0.2, -0.15) is 0 Å². The number of carbonyl (C=O) groups excluding carboxylic acids is 2. The van der Waals surface area contributed by atoms with Gasteiger partial charge in [0.2, 0.25) is 11.8 Å². The first-order valence-electron chi connectivity index (χ1n) is 9.84. The Labute approximate surface area is 157 Å². The molecule has 2 saturated heterocycles. The summed E-state index contributed by atoms with van der Waals surface area (Å²) in [6, 6.07) is 4.41. The van der Waals surface area contributed by atoms with Crippen LogP contribution in [0.15, 0.2) is 18.2 Å². The number of imidazole rings is 1. The first kappa shape index (κ1) is 17.9. The zero-order valence-corrected chi connectivity index (χ0v) is 15.4. The summed E-state index contributed by atoms with van der Waals surface area (Å²) in [6.45, 7) is 2.19. The van der Waals surface area contributed by atoms with E-state index in [1.54, 1.807) is 6.07 Å². The van der Waals surface area contributed by atoms with Crippen LogP contribution in [0, 0.1) is 5.82 Å². The number of rotatable bonds is 5. The van der Waals surface area contributed by atoms with Gasteiger partial charge in [0.05, 0.1) is 17.1 Å². The van der Waals surface area contributed by atoms with Gasteiger partial charge in [-0.3, -0.25) is 9.59 Å². The van der Waals surface area contributed by atoms with Crippen LogP contribution in [0.2, 0.25) is 0 Å². The van der Waals surface area contributed by atoms with Gasteiger partial charge in [0, 0.05) is 32.5 Å². The van der Waals surface area contributed by atoms with Crippen molar-refractivity contribution in [3.05, 3.63) is 29.8 Å². The van der Waals surface area contributed by atoms with Crippen molar-refractivity contribution in [2.24, 2.45) is 0 Å². The van der Waals surface area contributed by atoms with Crippen LogP contribution in [0.25, 0.3) is 11.0 Å². The average Bonchev–Trinajstić information content (AvgIpc) is 3.27. The molecule has 1 aromatic heterocycles. The summed E-state index contributed by atoms with van der Waals surface area (Å²) in [5, 5.41) is 0. The minimum Gasteiger partial charge on any atom is -0.343 e. The number of carbonyl (C=O) groups is 2. The predicted octanol–water partition coefficient (Wildman–Crippen LogP) is 3.16. The Morgan fingerprint density at radius 3 is 2.96 bits per heavy atom. The lowest BCUT2D eigenvalue weighted by Gasteiger charge is -2.34. The molecule has 0 saturated carbocycles. The molecule has 0 radical (unpaired) electrons. The molecule has 27 heavy (non-hydrogen) atoms. The lowest BCUT2D eigenvalue weighted by atomic mass is 10.0. The first-order chi connectivity index (χ1) is 13.1. The van der Waals surface area contributed by atoms with E-state index < -0.39 is 0 Å². The molecule has 0 aliphatic carbocycles. The van der Waals surface area contributed by atoms with Crippen LogP contribution < -0.4 is 0 Å². The largest absolute Gasteiger partial charge is 0.343 e. The number of amides is 2. The van der Waals surface area contributed by atoms with Crippen molar-refractivity contribution < 1.29 is 14.0 Å². The van der Waals surface area contributed by atoms with E-state index in [9.17, 15) is 14.0 Å². The van der Waals surface area contributed by atoms with Gasteiger partial charge in [-0.05, 0) is 50.3 Å². The summed E-state index contributed by atoms with van der Waals surface area (Å²) in [6.07, 6.45) is 5.58. The smallest absolute Gasteiger partial charge is 0.223 e. The molecule has 144 valence electrons. The molecule has 2 aliphatic heterocycles. The number of H-pyrrole nitrogens is 1. The van der Waals surface area contributed by atoms with Gasteiger partial charge in [0.1, 0.15) is 11.6 Å². The Hall–Kier alpha value is -2.44. The molecule has 2 fully saturated rings. The molecule has 7 heteroatoms. The zero-order chi connectivity index (χ0) is 18.8. The van der Waals surface area contributed by atoms with Crippen molar-refractivity contribution in [2.45, 2.75) is 51.0 Å². The predicted molar refractivity (Wildman–Crippen MR) is 99.4 cm³/mol. The topological polar surface area (TPSA) is 69.3 Å². The molecule has 3 heterocycles. The molecule has 1 N–H and O–H groups in total. The van der Waals surface area contributed by atoms with E-state index in [4.69, 9.17) is 0 Å². The number of likely N-dealkylation sites (tertiary alicyclic amines) is 2. The molecule has 1 atom stereocenters. The molecule has 4 rings (SSSR count). The summed E-state index contributed by atoms with van der Waals surface area (Å²) in [4.78, 5) is 36.1. The molecule has 2 aliphatic rings. The second-order valence-corrected chi connectivity index (χ2v) is 7.47. The molecule has 0 spiro atoms. The zero-order valence-electron chi connectivity index (χ0n) is 15.4. The molecule has 0 bridgehead atoms.